The molecular formula is C13H19N5OS. The number of likely N-dealkylation sites (N-methyl/N-ethyl adjacent to an activating group) is 1. The van der Waals surface area contributed by atoms with E-state index in [1.165, 1.54) is 4.88 Å². The van der Waals surface area contributed by atoms with E-state index in [-0.39, 0.29) is 0 Å². The van der Waals surface area contributed by atoms with Crippen molar-refractivity contribution >= 4 is 22.3 Å². The van der Waals surface area contributed by atoms with Crippen LogP contribution in [0.15, 0.2) is 4.52 Å². The Labute approximate surface area is 122 Å². The first-order valence-corrected chi connectivity index (χ1v) is 7.51. The Hall–Kier alpha value is -1.60. The number of thiophene rings is 1. The molecule has 7 heteroatoms. The standard InChI is InChI=1S/C13H19N5OS/c1-8-9(2)20-11(14)10(8)12-15-13(16-19-12)18-6-4-17(3)5-7-18/h4-7,14H2,1-3H3. The van der Waals surface area contributed by atoms with Crippen molar-refractivity contribution in [2.75, 3.05) is 43.9 Å². The number of nitrogens with two attached hydrogens (primary N) is 1. The molecule has 108 valence electrons. The molecule has 0 unspecified atom stereocenters. The topological polar surface area (TPSA) is 71.4 Å². The predicted octanol–water partition coefficient (Wildman–Crippen LogP) is 1.75. The molecule has 20 heavy (non-hydrogen) atoms. The third kappa shape index (κ3) is 2.27. The van der Waals surface area contributed by atoms with Crippen LogP contribution in [0.5, 0.6) is 0 Å². The fraction of sp³-hybridized carbons (Fsp3) is 0.538. The lowest BCUT2D eigenvalue weighted by Gasteiger charge is -2.31. The third-order valence-corrected chi connectivity index (χ3v) is 4.86. The van der Waals surface area contributed by atoms with Crippen molar-refractivity contribution in [2.24, 2.45) is 0 Å². The molecule has 0 spiro atoms. The number of hydrogen-bond acceptors (Lipinski definition) is 7. The normalized spacial score (nSPS) is 16.9. The second kappa shape index (κ2) is 5.06. The minimum atomic E-state index is 0.526. The fourth-order valence-corrected chi connectivity index (χ4v) is 3.30. The summed E-state index contributed by atoms with van der Waals surface area (Å²) in [4.78, 5) is 10.2. The molecule has 0 saturated carbocycles. The molecule has 1 fully saturated rings. The van der Waals surface area contributed by atoms with Gasteiger partial charge in [0.2, 0.25) is 0 Å². The average Bonchev–Trinajstić information content (AvgIpc) is 2.97. The van der Waals surface area contributed by atoms with E-state index in [4.69, 9.17) is 10.3 Å². The van der Waals surface area contributed by atoms with Gasteiger partial charge in [-0.2, -0.15) is 4.98 Å². The van der Waals surface area contributed by atoms with Crippen LogP contribution in [-0.2, 0) is 0 Å². The summed E-state index contributed by atoms with van der Waals surface area (Å²) >= 11 is 1.57. The van der Waals surface area contributed by atoms with E-state index in [9.17, 15) is 0 Å². The van der Waals surface area contributed by atoms with E-state index >= 15 is 0 Å². The molecule has 2 N–H and O–H groups in total. The highest BCUT2D eigenvalue weighted by molar-refractivity contribution is 7.16. The Balaban J connectivity index is 1.87. The second-order valence-electron chi connectivity index (χ2n) is 5.21. The van der Waals surface area contributed by atoms with Gasteiger partial charge in [-0.25, -0.2) is 0 Å². The highest BCUT2D eigenvalue weighted by Crippen LogP contribution is 2.37. The number of nitrogens with zero attached hydrogens (tertiary/aromatic N) is 4. The van der Waals surface area contributed by atoms with Gasteiger partial charge in [0.25, 0.3) is 11.8 Å². The van der Waals surface area contributed by atoms with Gasteiger partial charge in [-0.15, -0.1) is 11.3 Å². The summed E-state index contributed by atoms with van der Waals surface area (Å²) in [7, 11) is 2.12. The zero-order valence-corrected chi connectivity index (χ0v) is 12.8. The minimum Gasteiger partial charge on any atom is -0.390 e. The lowest BCUT2D eigenvalue weighted by molar-refractivity contribution is 0.309. The van der Waals surface area contributed by atoms with Crippen LogP contribution in [0.2, 0.25) is 0 Å². The van der Waals surface area contributed by atoms with Crippen molar-refractivity contribution in [1.82, 2.24) is 15.0 Å². The van der Waals surface area contributed by atoms with Gasteiger partial charge in [-0.1, -0.05) is 0 Å². The molecule has 0 aromatic carbocycles. The van der Waals surface area contributed by atoms with Gasteiger partial charge in [0.05, 0.1) is 10.6 Å². The smallest absolute Gasteiger partial charge is 0.266 e. The van der Waals surface area contributed by atoms with E-state index in [1.807, 2.05) is 6.92 Å². The molecule has 0 aliphatic carbocycles. The fourth-order valence-electron chi connectivity index (χ4n) is 2.37. The van der Waals surface area contributed by atoms with Crippen LogP contribution >= 0.6 is 11.3 Å². The lowest BCUT2D eigenvalue weighted by Crippen LogP contribution is -2.44. The predicted molar refractivity (Wildman–Crippen MR) is 81.2 cm³/mol. The summed E-state index contributed by atoms with van der Waals surface area (Å²) < 4.78 is 5.42. The summed E-state index contributed by atoms with van der Waals surface area (Å²) in [6.07, 6.45) is 0. The van der Waals surface area contributed by atoms with Gasteiger partial charge < -0.3 is 20.1 Å². The van der Waals surface area contributed by atoms with E-state index in [1.54, 1.807) is 11.3 Å². The molecular weight excluding hydrogens is 274 g/mol. The first-order chi connectivity index (χ1) is 9.56. The van der Waals surface area contributed by atoms with Gasteiger partial charge in [0, 0.05) is 31.1 Å². The number of hydrogen-bond donors (Lipinski definition) is 1. The molecule has 3 heterocycles. The van der Waals surface area contributed by atoms with E-state index in [0.717, 1.165) is 42.3 Å². The Morgan fingerprint density at radius 2 is 1.90 bits per heavy atom. The number of aryl methyl sites for hydroxylation is 1. The van der Waals surface area contributed by atoms with E-state index < -0.39 is 0 Å². The number of nitrogen functional groups attached to an aromatic ring is 1. The Kier molecular flexibility index (Phi) is 3.39. The molecule has 0 atom stereocenters. The summed E-state index contributed by atoms with van der Waals surface area (Å²) in [5.41, 5.74) is 8.07. The van der Waals surface area contributed by atoms with Crippen molar-refractivity contribution in [3.63, 3.8) is 0 Å². The SMILES string of the molecule is Cc1sc(N)c(-c2nc(N3CCN(C)CC3)no2)c1C. The summed E-state index contributed by atoms with van der Waals surface area (Å²) in [6.45, 7) is 7.97. The molecule has 0 bridgehead atoms. The van der Waals surface area contributed by atoms with Crippen molar-refractivity contribution in [3.8, 4) is 11.5 Å². The van der Waals surface area contributed by atoms with Crippen molar-refractivity contribution < 1.29 is 4.52 Å². The number of anilines is 2. The maximum Gasteiger partial charge on any atom is 0.266 e. The molecule has 0 radical (unpaired) electrons. The highest BCUT2D eigenvalue weighted by Gasteiger charge is 2.22. The first-order valence-electron chi connectivity index (χ1n) is 6.69. The van der Waals surface area contributed by atoms with Gasteiger partial charge in [-0.05, 0) is 31.6 Å². The molecule has 1 saturated heterocycles. The van der Waals surface area contributed by atoms with Crippen LogP contribution in [0.3, 0.4) is 0 Å². The minimum absolute atomic E-state index is 0.526. The van der Waals surface area contributed by atoms with Crippen LogP contribution in [0.1, 0.15) is 10.4 Å². The summed E-state index contributed by atoms with van der Waals surface area (Å²) in [6, 6.07) is 0. The monoisotopic (exact) mass is 293 g/mol. The molecule has 2 aromatic heterocycles. The summed E-state index contributed by atoms with van der Waals surface area (Å²) in [5, 5.41) is 4.85. The molecule has 1 aliphatic heterocycles. The highest BCUT2D eigenvalue weighted by atomic mass is 32.1. The lowest BCUT2D eigenvalue weighted by atomic mass is 10.1. The molecule has 2 aromatic rings. The Morgan fingerprint density at radius 1 is 1.20 bits per heavy atom. The molecule has 3 rings (SSSR count). The van der Waals surface area contributed by atoms with Crippen LogP contribution in [0.25, 0.3) is 11.5 Å². The van der Waals surface area contributed by atoms with Gasteiger partial charge >= 0.3 is 0 Å². The van der Waals surface area contributed by atoms with Gasteiger partial charge in [0.15, 0.2) is 0 Å². The van der Waals surface area contributed by atoms with Gasteiger partial charge in [0.1, 0.15) is 0 Å². The number of piperazine rings is 1. The quantitative estimate of drug-likeness (QED) is 0.909. The van der Waals surface area contributed by atoms with Crippen molar-refractivity contribution in [1.29, 1.82) is 0 Å². The largest absolute Gasteiger partial charge is 0.390 e. The second-order valence-corrected chi connectivity index (χ2v) is 6.47. The van der Waals surface area contributed by atoms with Crippen LogP contribution in [0.4, 0.5) is 10.9 Å². The first kappa shape index (κ1) is 13.4. The van der Waals surface area contributed by atoms with Crippen molar-refractivity contribution in [2.45, 2.75) is 13.8 Å². The average molecular weight is 293 g/mol. The maximum atomic E-state index is 6.05. The van der Waals surface area contributed by atoms with Crippen LogP contribution in [-0.4, -0.2) is 48.3 Å². The van der Waals surface area contributed by atoms with Crippen LogP contribution in [0, 0.1) is 13.8 Å². The third-order valence-electron chi connectivity index (χ3n) is 3.83. The molecule has 1 aliphatic rings. The number of rotatable bonds is 2. The van der Waals surface area contributed by atoms with Crippen molar-refractivity contribution in [3.05, 3.63) is 10.4 Å². The summed E-state index contributed by atoms with van der Waals surface area (Å²) in [5.74, 6) is 1.19. The maximum absolute atomic E-state index is 6.05. The number of aromatic nitrogens is 2. The van der Waals surface area contributed by atoms with Gasteiger partial charge in [-0.3, -0.25) is 0 Å². The van der Waals surface area contributed by atoms with E-state index in [2.05, 4.69) is 33.9 Å². The van der Waals surface area contributed by atoms with E-state index in [0.29, 0.717) is 11.8 Å². The zero-order chi connectivity index (χ0) is 14.3. The van der Waals surface area contributed by atoms with Crippen LogP contribution < -0.4 is 10.6 Å². The molecule has 6 nitrogen and oxygen atoms in total. The molecule has 0 amide bonds. The Morgan fingerprint density at radius 3 is 2.50 bits per heavy atom. The Bertz CT molecular complexity index is 612. The zero-order valence-electron chi connectivity index (χ0n) is 12.0.